The Balaban J connectivity index is 1.03. The molecule has 8 aromatic rings. The summed E-state index contributed by atoms with van der Waals surface area (Å²) in [5, 5.41) is 48.3. The summed E-state index contributed by atoms with van der Waals surface area (Å²) in [6.07, 6.45) is 0. The van der Waals surface area contributed by atoms with Gasteiger partial charge in [-0.15, -0.1) is 20.5 Å². The molecule has 0 unspecified atom stereocenters. The van der Waals surface area contributed by atoms with Crippen LogP contribution in [-0.2, 0) is 40.5 Å². The lowest BCUT2D eigenvalue weighted by molar-refractivity contribution is 0.415. The van der Waals surface area contributed by atoms with Crippen molar-refractivity contribution in [2.24, 2.45) is 40.9 Å². The van der Waals surface area contributed by atoms with Crippen LogP contribution in [0.4, 0.5) is 56.9 Å². The minimum Gasteiger partial charge on any atom is -0.505 e. The predicted octanol–water partition coefficient (Wildman–Crippen LogP) is 13.3. The summed E-state index contributed by atoms with van der Waals surface area (Å²) in [4.78, 5) is -3.57. The SMILES string of the molecule is COc1cc(N=Nc2cc(C)c(N=Nc3cc4c(S(=O)(=O)O)cc(S(=O)(=O)O)cc4cc3S(=O)(=O)O)cc2OC)c(C)cc1N=Nc1cc(C)c(N=Nc2c(S(=O)(=O)O)cc3cc(Nc4ccccc4)ccc3c2O)cc1C. The molecule has 0 bridgehead atoms. The number of hydrogen-bond acceptors (Lipinski definition) is 20. The number of aromatic hydroxyl groups is 1. The Morgan fingerprint density at radius 1 is 0.397 bits per heavy atom. The van der Waals surface area contributed by atoms with Crippen LogP contribution in [0.25, 0.3) is 21.5 Å². The van der Waals surface area contributed by atoms with E-state index in [4.69, 9.17) is 9.47 Å². The Morgan fingerprint density at radius 3 is 1.32 bits per heavy atom. The number of aryl methyl sites for hydroxylation is 4. The van der Waals surface area contributed by atoms with Gasteiger partial charge in [-0.2, -0.15) is 54.1 Å². The van der Waals surface area contributed by atoms with E-state index in [1.54, 1.807) is 70.2 Å². The monoisotopic (exact) mass is 1140 g/mol. The molecular formula is C50H43N9O15S4. The van der Waals surface area contributed by atoms with Gasteiger partial charge in [-0.3, -0.25) is 18.2 Å². The minimum absolute atomic E-state index is 0.0864. The number of benzene rings is 8. The highest BCUT2D eigenvalue weighted by Gasteiger charge is 2.26. The van der Waals surface area contributed by atoms with Crippen LogP contribution < -0.4 is 14.8 Å². The predicted molar refractivity (Wildman–Crippen MR) is 287 cm³/mol. The van der Waals surface area contributed by atoms with Gasteiger partial charge >= 0.3 is 0 Å². The van der Waals surface area contributed by atoms with Crippen LogP contribution in [0.3, 0.4) is 0 Å². The van der Waals surface area contributed by atoms with E-state index < -0.39 is 88.0 Å². The standard InChI is InChI=1S/C50H43N9O15S4/c1-26-15-38(55-59-49-48(78(70,71)72)21-30-18-33(12-13-35(30)50(49)60)51-32-10-8-7-9-11-32)27(2)14-37(26)52-56-41-16-28(3)39(24-44(41)73-5)53-57-42-17-29(4)40(25-45(42)74-6)54-58-43-23-36-31(20-47(43)77(67,68)69)19-34(75(61,62)63)22-46(36)76(64,65)66/h7-25,51,60H,1-6H3,(H,61,62,63)(H,64,65,66)(H,67,68,69)(H,70,71,72). The molecule has 78 heavy (non-hydrogen) atoms. The average molecular weight is 1140 g/mol. The normalized spacial score (nSPS) is 12.7. The van der Waals surface area contributed by atoms with Crippen LogP contribution in [0.2, 0.25) is 0 Å². The lowest BCUT2D eigenvalue weighted by atomic mass is 10.1. The Bertz CT molecular complexity index is 4390. The number of methoxy groups -OCH3 is 2. The molecule has 6 N–H and O–H groups in total. The molecule has 0 aliphatic heterocycles. The summed E-state index contributed by atoms with van der Waals surface area (Å²) in [6, 6.07) is 27.6. The Kier molecular flexibility index (Phi) is 15.4. The second-order valence-corrected chi connectivity index (χ2v) is 22.8. The third kappa shape index (κ3) is 12.2. The van der Waals surface area contributed by atoms with Crippen molar-refractivity contribution in [3.05, 3.63) is 138 Å². The number of nitrogens with one attached hydrogen (secondary N) is 1. The van der Waals surface area contributed by atoms with Crippen molar-refractivity contribution in [1.82, 2.24) is 0 Å². The molecule has 24 nitrogen and oxygen atoms in total. The van der Waals surface area contributed by atoms with Gasteiger partial charge in [0, 0.05) is 34.3 Å². The molecule has 28 heteroatoms. The maximum absolute atomic E-state index is 12.6. The van der Waals surface area contributed by atoms with E-state index in [1.165, 1.54) is 32.4 Å². The maximum Gasteiger partial charge on any atom is 0.296 e. The molecular weight excluding hydrogens is 1090 g/mol. The van der Waals surface area contributed by atoms with E-state index in [2.05, 4.69) is 46.2 Å². The van der Waals surface area contributed by atoms with Gasteiger partial charge in [-0.1, -0.05) is 18.2 Å². The Labute approximate surface area is 445 Å². The lowest BCUT2D eigenvalue weighted by Gasteiger charge is -2.12. The molecule has 0 radical (unpaired) electrons. The van der Waals surface area contributed by atoms with Crippen molar-refractivity contribution in [2.75, 3.05) is 19.5 Å². The lowest BCUT2D eigenvalue weighted by Crippen LogP contribution is -2.05. The molecule has 402 valence electrons. The molecule has 8 aromatic carbocycles. The van der Waals surface area contributed by atoms with Gasteiger partial charge in [0.15, 0.2) is 5.75 Å². The van der Waals surface area contributed by atoms with Crippen LogP contribution in [0.5, 0.6) is 17.2 Å². The van der Waals surface area contributed by atoms with Crippen LogP contribution in [0.15, 0.2) is 176 Å². The Morgan fingerprint density at radius 2 is 0.833 bits per heavy atom. The van der Waals surface area contributed by atoms with E-state index >= 15 is 0 Å². The summed E-state index contributed by atoms with van der Waals surface area (Å²) in [5.41, 5.74) is 4.18. The quantitative estimate of drug-likeness (QED) is 0.0387. The molecule has 0 spiro atoms. The number of anilines is 2. The van der Waals surface area contributed by atoms with Crippen LogP contribution >= 0.6 is 0 Å². The highest BCUT2D eigenvalue weighted by atomic mass is 32.2. The van der Waals surface area contributed by atoms with Gasteiger partial charge < -0.3 is 19.9 Å². The van der Waals surface area contributed by atoms with Crippen LogP contribution in [0, 0.1) is 27.7 Å². The number of nitrogens with zero attached hydrogens (tertiary/aromatic N) is 8. The third-order valence-corrected chi connectivity index (χ3v) is 15.3. The molecule has 0 fully saturated rings. The Hall–Kier alpha value is -8.48. The molecule has 8 rings (SSSR count). The second-order valence-electron chi connectivity index (χ2n) is 17.2. The molecule has 0 aliphatic carbocycles. The zero-order valence-corrected chi connectivity index (χ0v) is 44.8. The first-order valence-corrected chi connectivity index (χ1v) is 28.2. The fourth-order valence-corrected chi connectivity index (χ4v) is 10.5. The number of fused-ring (bicyclic) bond motifs is 2. The zero-order valence-electron chi connectivity index (χ0n) is 41.5. The van der Waals surface area contributed by atoms with E-state index in [-0.39, 0.29) is 28.3 Å². The van der Waals surface area contributed by atoms with Crippen LogP contribution in [-0.4, -0.2) is 71.2 Å². The molecule has 0 aliphatic rings. The van der Waals surface area contributed by atoms with Gasteiger partial charge in [0.2, 0.25) is 0 Å². The van der Waals surface area contributed by atoms with Gasteiger partial charge in [-0.05, 0) is 146 Å². The first-order valence-electron chi connectivity index (χ1n) is 22.4. The summed E-state index contributed by atoms with van der Waals surface area (Å²) >= 11 is 0. The third-order valence-electron chi connectivity index (χ3n) is 11.8. The van der Waals surface area contributed by atoms with Gasteiger partial charge in [0.1, 0.15) is 48.9 Å². The molecule has 0 atom stereocenters. The molecule has 0 saturated carbocycles. The minimum atomic E-state index is -5.18. The van der Waals surface area contributed by atoms with Crippen LogP contribution in [0.1, 0.15) is 22.3 Å². The number of azo groups is 4. The van der Waals surface area contributed by atoms with E-state index in [9.17, 15) is 57.0 Å². The van der Waals surface area contributed by atoms with Gasteiger partial charge in [-0.25, -0.2) is 0 Å². The smallest absolute Gasteiger partial charge is 0.296 e. The maximum atomic E-state index is 12.6. The van der Waals surface area contributed by atoms with Crippen molar-refractivity contribution in [3.8, 4) is 17.2 Å². The zero-order chi connectivity index (χ0) is 56.6. The average Bonchev–Trinajstić information content (AvgIpc) is 3.44. The molecule has 0 heterocycles. The van der Waals surface area contributed by atoms with Crippen molar-refractivity contribution < 1.29 is 66.5 Å². The number of para-hydroxylation sites is 1. The second kappa shape index (κ2) is 21.5. The summed E-state index contributed by atoms with van der Waals surface area (Å²) in [5.74, 6) is -0.117. The topological polar surface area (TPSA) is 367 Å². The summed E-state index contributed by atoms with van der Waals surface area (Å²) in [6.45, 7) is 6.80. The number of rotatable bonds is 16. The largest absolute Gasteiger partial charge is 0.505 e. The summed E-state index contributed by atoms with van der Waals surface area (Å²) < 4.78 is 149. The molecule has 0 aromatic heterocycles. The van der Waals surface area contributed by atoms with Crippen molar-refractivity contribution in [3.63, 3.8) is 0 Å². The number of phenolic OH excluding ortho intramolecular Hbond substituents is 1. The van der Waals surface area contributed by atoms with Crippen molar-refractivity contribution in [2.45, 2.75) is 47.3 Å². The van der Waals surface area contributed by atoms with Crippen molar-refractivity contribution >= 4 is 119 Å². The summed E-state index contributed by atoms with van der Waals surface area (Å²) in [7, 11) is -17.5. The van der Waals surface area contributed by atoms with Gasteiger partial charge in [0.05, 0.1) is 41.9 Å². The molecule has 0 saturated heterocycles. The fourth-order valence-electron chi connectivity index (χ4n) is 7.83. The first-order chi connectivity index (χ1) is 36.6. The highest BCUT2D eigenvalue weighted by Crippen LogP contribution is 2.45. The van der Waals surface area contributed by atoms with E-state index in [0.717, 1.165) is 17.8 Å². The van der Waals surface area contributed by atoms with E-state index in [0.29, 0.717) is 68.2 Å². The molecule has 0 amide bonds. The van der Waals surface area contributed by atoms with Crippen molar-refractivity contribution in [1.29, 1.82) is 0 Å². The van der Waals surface area contributed by atoms with Gasteiger partial charge in [0.25, 0.3) is 40.5 Å². The number of phenols is 1. The van der Waals surface area contributed by atoms with E-state index in [1.807, 2.05) is 30.3 Å². The first kappa shape index (κ1) is 55.7. The number of ether oxygens (including phenoxy) is 2. The number of hydrogen-bond donors (Lipinski definition) is 6. The highest BCUT2D eigenvalue weighted by molar-refractivity contribution is 7.87. The fraction of sp³-hybridized carbons (Fsp3) is 0.120.